The molecule has 4 N–H and O–H groups in total. The Morgan fingerprint density at radius 1 is 0.808 bits per heavy atom. The van der Waals surface area contributed by atoms with E-state index in [0.29, 0.717) is 0 Å². The van der Waals surface area contributed by atoms with Crippen LogP contribution in [0.2, 0.25) is 0 Å². The van der Waals surface area contributed by atoms with Crippen molar-refractivity contribution < 1.29 is 14.6 Å². The second-order valence-corrected chi connectivity index (χ2v) is 6.91. The molecule has 0 aliphatic rings. The van der Waals surface area contributed by atoms with Crippen LogP contribution in [0.15, 0.2) is 0 Å². The van der Waals surface area contributed by atoms with E-state index in [-0.39, 0.29) is 0 Å². The van der Waals surface area contributed by atoms with Crippen LogP contribution in [0.1, 0.15) is 97.3 Å². The van der Waals surface area contributed by atoms with Gasteiger partial charge in [0.25, 0.3) is 5.97 Å². The molecule has 0 rings (SSSR count). The minimum atomic E-state index is -0.833. The highest BCUT2D eigenvalue weighted by atomic mass is 16.5. The van der Waals surface area contributed by atoms with Crippen molar-refractivity contribution in [3.8, 4) is 0 Å². The molecule has 0 aliphatic heterocycles. The van der Waals surface area contributed by atoms with Crippen LogP contribution < -0.4 is 11.1 Å². The zero-order chi connectivity index (χ0) is 19.7. The summed E-state index contributed by atoms with van der Waals surface area (Å²) in [4.78, 5) is 9.00. The first-order valence-corrected chi connectivity index (χ1v) is 10.8. The Morgan fingerprint density at radius 2 is 1.23 bits per heavy atom. The number of rotatable bonds is 19. The molecule has 0 aromatic rings. The van der Waals surface area contributed by atoms with Crippen molar-refractivity contribution in [2.75, 3.05) is 32.8 Å². The van der Waals surface area contributed by atoms with E-state index >= 15 is 0 Å². The number of hydrogen-bond acceptors (Lipinski definition) is 4. The first-order chi connectivity index (χ1) is 12.6. The molecule has 5 nitrogen and oxygen atoms in total. The summed E-state index contributed by atoms with van der Waals surface area (Å²) in [5.41, 5.74) is 5.44. The molecule has 0 atom stereocenters. The van der Waals surface area contributed by atoms with Gasteiger partial charge in [0.05, 0.1) is 0 Å². The Kier molecular flexibility index (Phi) is 28.2. The predicted molar refractivity (Wildman–Crippen MR) is 112 cm³/mol. The maximum Gasteiger partial charge on any atom is 0.300 e. The number of unbranched alkanes of at least 4 members (excludes halogenated alkanes) is 10. The van der Waals surface area contributed by atoms with Crippen molar-refractivity contribution >= 4 is 5.97 Å². The van der Waals surface area contributed by atoms with Gasteiger partial charge in [-0.15, -0.1) is 0 Å². The van der Waals surface area contributed by atoms with Gasteiger partial charge in [0.2, 0.25) is 0 Å². The van der Waals surface area contributed by atoms with Crippen molar-refractivity contribution in [2.45, 2.75) is 97.3 Å². The number of carbonyl (C=O) groups is 1. The van der Waals surface area contributed by atoms with E-state index in [1.165, 1.54) is 70.6 Å². The van der Waals surface area contributed by atoms with Crippen LogP contribution in [0.3, 0.4) is 0 Å². The Labute approximate surface area is 162 Å². The molecule has 0 aliphatic carbocycles. The average molecular weight is 375 g/mol. The first-order valence-electron chi connectivity index (χ1n) is 10.8. The Bertz CT molecular complexity index is 240. The van der Waals surface area contributed by atoms with Crippen molar-refractivity contribution in [3.63, 3.8) is 0 Å². The van der Waals surface area contributed by atoms with Gasteiger partial charge >= 0.3 is 0 Å². The van der Waals surface area contributed by atoms with Gasteiger partial charge in [-0.3, -0.25) is 4.79 Å². The zero-order valence-electron chi connectivity index (χ0n) is 17.6. The highest BCUT2D eigenvalue weighted by Crippen LogP contribution is 2.11. The fraction of sp³-hybridized carbons (Fsp3) is 0.952. The van der Waals surface area contributed by atoms with Gasteiger partial charge in [0.15, 0.2) is 0 Å². The van der Waals surface area contributed by atoms with Gasteiger partial charge in [0.1, 0.15) is 0 Å². The van der Waals surface area contributed by atoms with E-state index in [4.69, 9.17) is 20.4 Å². The van der Waals surface area contributed by atoms with E-state index in [2.05, 4.69) is 12.2 Å². The highest BCUT2D eigenvalue weighted by Gasteiger charge is 1.94. The Balaban J connectivity index is 0. The van der Waals surface area contributed by atoms with E-state index in [0.717, 1.165) is 52.6 Å². The smallest absolute Gasteiger partial charge is 0.300 e. The lowest BCUT2D eigenvalue weighted by molar-refractivity contribution is -0.134. The molecular formula is C21H46N2O3. The largest absolute Gasteiger partial charge is 0.481 e. The lowest BCUT2D eigenvalue weighted by atomic mass is 10.1. The normalized spacial score (nSPS) is 10.4. The number of ether oxygens (including phenoxy) is 1. The Morgan fingerprint density at radius 3 is 1.73 bits per heavy atom. The van der Waals surface area contributed by atoms with Gasteiger partial charge in [0, 0.05) is 20.1 Å². The zero-order valence-corrected chi connectivity index (χ0v) is 17.6. The number of nitrogens with two attached hydrogens (primary N) is 1. The number of carboxylic acid groups (broad SMARTS) is 1. The molecule has 26 heavy (non-hydrogen) atoms. The summed E-state index contributed by atoms with van der Waals surface area (Å²) in [7, 11) is 0. The molecule has 0 bridgehead atoms. The van der Waals surface area contributed by atoms with Crippen molar-refractivity contribution in [1.82, 2.24) is 5.32 Å². The molecule has 0 aromatic carbocycles. The standard InChI is InChI=1S/C19H42N2O.C2H4O2/c1-2-3-4-5-6-7-8-9-10-11-12-18-22-19-14-17-21-16-13-15-20;1-2(3)4/h21H,2-20H2,1H3;1H3,(H,3,4). The van der Waals surface area contributed by atoms with Crippen molar-refractivity contribution in [1.29, 1.82) is 0 Å². The number of hydrogen-bond donors (Lipinski definition) is 3. The van der Waals surface area contributed by atoms with Gasteiger partial charge in [-0.05, 0) is 38.9 Å². The topological polar surface area (TPSA) is 84.6 Å². The van der Waals surface area contributed by atoms with Crippen LogP contribution in [0.25, 0.3) is 0 Å². The maximum absolute atomic E-state index is 9.00. The summed E-state index contributed by atoms with van der Waals surface area (Å²) in [6, 6.07) is 0. The van der Waals surface area contributed by atoms with Crippen LogP contribution in [0.5, 0.6) is 0 Å². The number of nitrogens with one attached hydrogen (secondary N) is 1. The molecule has 5 heteroatoms. The quantitative estimate of drug-likeness (QED) is 0.285. The Hall–Kier alpha value is -0.650. The summed E-state index contributed by atoms with van der Waals surface area (Å²) in [5, 5.41) is 10.8. The molecule has 0 spiro atoms. The van der Waals surface area contributed by atoms with Crippen LogP contribution in [-0.4, -0.2) is 43.9 Å². The SMILES string of the molecule is CC(=O)O.CCCCCCCCCCCCCOCCCNCCCN. The van der Waals surface area contributed by atoms with Crippen molar-refractivity contribution in [2.24, 2.45) is 5.73 Å². The molecule has 0 fully saturated rings. The third-order valence-corrected chi connectivity index (χ3v) is 4.09. The van der Waals surface area contributed by atoms with Crippen LogP contribution >= 0.6 is 0 Å². The fourth-order valence-corrected chi connectivity index (χ4v) is 2.62. The summed E-state index contributed by atoms with van der Waals surface area (Å²) in [6.45, 7) is 8.08. The highest BCUT2D eigenvalue weighted by molar-refractivity contribution is 5.62. The molecule has 158 valence electrons. The molecule has 0 heterocycles. The van der Waals surface area contributed by atoms with E-state index < -0.39 is 5.97 Å². The number of aliphatic carboxylic acids is 1. The molecular weight excluding hydrogens is 328 g/mol. The van der Waals surface area contributed by atoms with Gasteiger partial charge in [-0.1, -0.05) is 71.1 Å². The van der Waals surface area contributed by atoms with Gasteiger partial charge in [-0.25, -0.2) is 0 Å². The van der Waals surface area contributed by atoms with E-state index in [9.17, 15) is 0 Å². The van der Waals surface area contributed by atoms with E-state index in [1.807, 2.05) is 0 Å². The molecule has 0 saturated heterocycles. The second kappa shape index (κ2) is 26.6. The predicted octanol–water partition coefficient (Wildman–Crippen LogP) is 4.73. The maximum atomic E-state index is 9.00. The molecule has 0 radical (unpaired) electrons. The minimum absolute atomic E-state index is 0.780. The third-order valence-electron chi connectivity index (χ3n) is 4.09. The fourth-order valence-electron chi connectivity index (χ4n) is 2.62. The summed E-state index contributed by atoms with van der Waals surface area (Å²) < 4.78 is 5.66. The molecule has 0 amide bonds. The first kappa shape index (κ1) is 27.6. The summed E-state index contributed by atoms with van der Waals surface area (Å²) in [6.07, 6.45) is 17.5. The molecule has 0 aromatic heterocycles. The molecule has 0 saturated carbocycles. The minimum Gasteiger partial charge on any atom is -0.481 e. The van der Waals surface area contributed by atoms with Crippen LogP contribution in [0.4, 0.5) is 0 Å². The summed E-state index contributed by atoms with van der Waals surface area (Å²) in [5.74, 6) is -0.833. The summed E-state index contributed by atoms with van der Waals surface area (Å²) >= 11 is 0. The number of carboxylic acids is 1. The van der Waals surface area contributed by atoms with Gasteiger partial charge < -0.3 is 20.9 Å². The van der Waals surface area contributed by atoms with Crippen LogP contribution in [-0.2, 0) is 9.53 Å². The lowest BCUT2D eigenvalue weighted by Crippen LogP contribution is -2.20. The molecule has 0 unspecified atom stereocenters. The van der Waals surface area contributed by atoms with Crippen LogP contribution in [0, 0.1) is 0 Å². The second-order valence-electron chi connectivity index (χ2n) is 6.91. The van der Waals surface area contributed by atoms with E-state index in [1.54, 1.807) is 0 Å². The third kappa shape index (κ3) is 34.6. The van der Waals surface area contributed by atoms with Crippen molar-refractivity contribution in [3.05, 3.63) is 0 Å². The lowest BCUT2D eigenvalue weighted by Gasteiger charge is -2.06. The average Bonchev–Trinajstić information content (AvgIpc) is 2.60. The van der Waals surface area contributed by atoms with Gasteiger partial charge in [-0.2, -0.15) is 0 Å². The monoisotopic (exact) mass is 374 g/mol.